The number of carbonyl (C=O) groups is 1. The number of ether oxygens (including phenoxy) is 2. The van der Waals surface area contributed by atoms with Crippen LogP contribution in [0, 0.1) is 0 Å². The van der Waals surface area contributed by atoms with E-state index < -0.39 is 6.03 Å². The molecule has 174 valence electrons. The number of thioether (sulfide) groups is 1. The van der Waals surface area contributed by atoms with Crippen LogP contribution < -0.4 is 20.5 Å². The first-order valence-electron chi connectivity index (χ1n) is 10.4. The zero-order valence-corrected chi connectivity index (χ0v) is 19.2. The number of hydrogen-bond acceptors (Lipinski definition) is 8. The van der Waals surface area contributed by atoms with Crippen molar-refractivity contribution in [3.8, 4) is 34.2 Å². The van der Waals surface area contributed by atoms with Crippen molar-refractivity contribution >= 4 is 17.8 Å². The number of hydrogen-bond donors (Lipinski definition) is 2. The van der Waals surface area contributed by atoms with Crippen LogP contribution in [0.1, 0.15) is 5.89 Å². The zero-order valence-electron chi connectivity index (χ0n) is 18.4. The van der Waals surface area contributed by atoms with E-state index in [2.05, 4.69) is 15.3 Å². The predicted molar refractivity (Wildman–Crippen MR) is 129 cm³/mol. The maximum atomic E-state index is 10.7. The van der Waals surface area contributed by atoms with Crippen molar-refractivity contribution in [2.45, 2.75) is 10.6 Å². The van der Waals surface area contributed by atoms with Crippen LogP contribution in [0.3, 0.4) is 0 Å². The quantitative estimate of drug-likeness (QED) is 0.258. The van der Waals surface area contributed by atoms with E-state index >= 15 is 0 Å². The van der Waals surface area contributed by atoms with Crippen molar-refractivity contribution < 1.29 is 18.7 Å². The molecule has 0 fully saturated rings. The Morgan fingerprint density at radius 2 is 1.85 bits per heavy atom. The number of aromatic nitrogens is 3. The molecule has 0 aliphatic carbocycles. The highest BCUT2D eigenvalue weighted by Crippen LogP contribution is 2.35. The standard InChI is InChI=1S/C24H23N5O4S/c1-31-20-7-4-17(14-28-20)22-23(33-21(29-22)15-34-19-8-10-26-11-9-19)16-2-5-18(6-3-16)32-13-12-27-24(25)30/h2-11,14H,12-13,15H2,1H3,(H3,25,27,30). The lowest BCUT2D eigenvalue weighted by Gasteiger charge is -2.07. The highest BCUT2D eigenvalue weighted by Gasteiger charge is 2.18. The summed E-state index contributed by atoms with van der Waals surface area (Å²) in [4.78, 5) is 24.9. The van der Waals surface area contributed by atoms with E-state index in [1.54, 1.807) is 43.5 Å². The molecular formula is C24H23N5O4S. The Hall–Kier alpha value is -4.05. The van der Waals surface area contributed by atoms with Crippen LogP contribution in [0.15, 0.2) is 76.4 Å². The lowest BCUT2D eigenvalue weighted by molar-refractivity contribution is 0.244. The van der Waals surface area contributed by atoms with Crippen LogP contribution in [-0.2, 0) is 5.75 Å². The molecule has 0 radical (unpaired) electrons. The second-order valence-corrected chi connectivity index (χ2v) is 8.06. The fourth-order valence-corrected chi connectivity index (χ4v) is 3.81. The minimum atomic E-state index is -0.581. The van der Waals surface area contributed by atoms with Crippen LogP contribution in [0.4, 0.5) is 4.79 Å². The van der Waals surface area contributed by atoms with Crippen molar-refractivity contribution in [2.75, 3.05) is 20.3 Å². The molecule has 0 saturated carbocycles. The summed E-state index contributed by atoms with van der Waals surface area (Å²) < 4.78 is 17.0. The number of benzene rings is 1. The van der Waals surface area contributed by atoms with Crippen LogP contribution in [0.25, 0.3) is 22.6 Å². The average Bonchev–Trinajstić information content (AvgIpc) is 3.30. The summed E-state index contributed by atoms with van der Waals surface area (Å²) in [7, 11) is 1.57. The van der Waals surface area contributed by atoms with Gasteiger partial charge in [-0.2, -0.15) is 0 Å². The van der Waals surface area contributed by atoms with Crippen molar-refractivity contribution in [1.82, 2.24) is 20.3 Å². The van der Waals surface area contributed by atoms with Gasteiger partial charge in [0.05, 0.1) is 19.4 Å². The number of primary amides is 1. The van der Waals surface area contributed by atoms with Crippen LogP contribution >= 0.6 is 11.8 Å². The van der Waals surface area contributed by atoms with E-state index in [-0.39, 0.29) is 0 Å². The highest BCUT2D eigenvalue weighted by molar-refractivity contribution is 7.98. The summed E-state index contributed by atoms with van der Waals surface area (Å²) in [5, 5.41) is 2.48. The second kappa shape index (κ2) is 11.2. The van der Waals surface area contributed by atoms with Gasteiger partial charge in [0, 0.05) is 40.7 Å². The first kappa shape index (κ1) is 23.1. The summed E-state index contributed by atoms with van der Waals surface area (Å²) in [5.74, 6) is 2.99. The topological polar surface area (TPSA) is 125 Å². The molecule has 0 unspecified atom stereocenters. The molecule has 2 amide bonds. The number of carbonyl (C=O) groups excluding carboxylic acids is 1. The average molecular weight is 478 g/mol. The normalized spacial score (nSPS) is 10.6. The summed E-state index contributed by atoms with van der Waals surface area (Å²) >= 11 is 1.62. The molecule has 9 nitrogen and oxygen atoms in total. The van der Waals surface area contributed by atoms with Gasteiger partial charge in [-0.15, -0.1) is 11.8 Å². The minimum Gasteiger partial charge on any atom is -0.492 e. The number of oxazole rings is 1. The van der Waals surface area contributed by atoms with Gasteiger partial charge in [0.1, 0.15) is 18.1 Å². The maximum absolute atomic E-state index is 10.7. The van der Waals surface area contributed by atoms with Crippen molar-refractivity contribution in [1.29, 1.82) is 0 Å². The van der Waals surface area contributed by atoms with Crippen molar-refractivity contribution in [3.05, 3.63) is 73.0 Å². The number of nitrogens with two attached hydrogens (primary N) is 1. The predicted octanol–water partition coefficient (Wildman–Crippen LogP) is 4.15. The first-order chi connectivity index (χ1) is 16.6. The summed E-state index contributed by atoms with van der Waals surface area (Å²) in [6.07, 6.45) is 5.22. The summed E-state index contributed by atoms with van der Waals surface area (Å²) in [6, 6.07) is 14.5. The summed E-state index contributed by atoms with van der Waals surface area (Å²) in [6.45, 7) is 0.635. The second-order valence-electron chi connectivity index (χ2n) is 7.01. The summed E-state index contributed by atoms with van der Waals surface area (Å²) in [5.41, 5.74) is 7.41. The Morgan fingerprint density at radius 1 is 1.09 bits per heavy atom. The van der Waals surface area contributed by atoms with E-state index in [0.29, 0.717) is 47.9 Å². The molecule has 0 spiro atoms. The Bertz CT molecular complexity index is 1210. The molecule has 4 rings (SSSR count). The monoisotopic (exact) mass is 477 g/mol. The molecule has 3 aromatic heterocycles. The van der Waals surface area contributed by atoms with Crippen LogP contribution in [-0.4, -0.2) is 41.2 Å². The Labute approximate surface area is 200 Å². The number of nitrogens with zero attached hydrogens (tertiary/aromatic N) is 3. The zero-order chi connectivity index (χ0) is 23.8. The number of amides is 2. The molecule has 4 aromatic rings. The molecule has 34 heavy (non-hydrogen) atoms. The fourth-order valence-electron chi connectivity index (χ4n) is 3.08. The largest absolute Gasteiger partial charge is 0.492 e. The lowest BCUT2D eigenvalue weighted by Crippen LogP contribution is -2.32. The Morgan fingerprint density at radius 3 is 2.53 bits per heavy atom. The lowest BCUT2D eigenvalue weighted by atomic mass is 10.1. The SMILES string of the molecule is COc1ccc(-c2nc(CSc3ccncc3)oc2-c2ccc(OCCNC(N)=O)cc2)cn1. The van der Waals surface area contributed by atoms with E-state index in [0.717, 1.165) is 16.0 Å². The third kappa shape index (κ3) is 6.04. The van der Waals surface area contributed by atoms with E-state index in [4.69, 9.17) is 24.6 Å². The number of methoxy groups -OCH3 is 1. The minimum absolute atomic E-state index is 0.309. The van der Waals surface area contributed by atoms with Gasteiger partial charge in [-0.25, -0.2) is 14.8 Å². The van der Waals surface area contributed by atoms with Gasteiger partial charge in [0.25, 0.3) is 0 Å². The first-order valence-corrected chi connectivity index (χ1v) is 11.4. The Kier molecular flexibility index (Phi) is 7.61. The molecule has 1 aromatic carbocycles. The number of pyridine rings is 2. The molecular weight excluding hydrogens is 454 g/mol. The molecule has 0 aliphatic heterocycles. The molecule has 3 heterocycles. The smallest absolute Gasteiger partial charge is 0.312 e. The van der Waals surface area contributed by atoms with Crippen LogP contribution in [0.5, 0.6) is 11.6 Å². The van der Waals surface area contributed by atoms with Gasteiger partial charge in [-0.05, 0) is 42.5 Å². The maximum Gasteiger partial charge on any atom is 0.312 e. The number of nitrogens with one attached hydrogen (secondary N) is 1. The molecule has 3 N–H and O–H groups in total. The van der Waals surface area contributed by atoms with Gasteiger partial charge in [-0.1, -0.05) is 0 Å². The number of urea groups is 1. The molecule has 10 heteroatoms. The van der Waals surface area contributed by atoms with E-state index in [1.165, 1.54) is 0 Å². The van der Waals surface area contributed by atoms with E-state index in [1.807, 2.05) is 42.5 Å². The van der Waals surface area contributed by atoms with Gasteiger partial charge in [-0.3, -0.25) is 4.98 Å². The number of rotatable bonds is 10. The van der Waals surface area contributed by atoms with Gasteiger partial charge >= 0.3 is 6.03 Å². The van der Waals surface area contributed by atoms with Gasteiger partial charge in [0.2, 0.25) is 11.8 Å². The fraction of sp³-hybridized carbons (Fsp3) is 0.167. The molecule has 0 atom stereocenters. The molecule has 0 saturated heterocycles. The van der Waals surface area contributed by atoms with Crippen molar-refractivity contribution in [2.24, 2.45) is 5.73 Å². The van der Waals surface area contributed by atoms with Gasteiger partial charge < -0.3 is 24.9 Å². The third-order valence-electron chi connectivity index (χ3n) is 4.69. The van der Waals surface area contributed by atoms with Crippen molar-refractivity contribution in [3.63, 3.8) is 0 Å². The Balaban J connectivity index is 1.56. The highest BCUT2D eigenvalue weighted by atomic mass is 32.2. The van der Waals surface area contributed by atoms with E-state index in [9.17, 15) is 4.79 Å². The molecule has 0 bridgehead atoms. The van der Waals surface area contributed by atoms with Gasteiger partial charge in [0.15, 0.2) is 5.76 Å². The third-order valence-corrected chi connectivity index (χ3v) is 5.69. The van der Waals surface area contributed by atoms with Crippen LogP contribution in [0.2, 0.25) is 0 Å². The molecule has 0 aliphatic rings.